The number of hydrogen-bond donors (Lipinski definition) is 3. The summed E-state index contributed by atoms with van der Waals surface area (Å²) in [5, 5.41) is 6.15. The fourth-order valence-corrected chi connectivity index (χ4v) is 3.20. The molecule has 28 heavy (non-hydrogen) atoms. The van der Waals surface area contributed by atoms with Crippen molar-refractivity contribution in [3.05, 3.63) is 52.5 Å². The van der Waals surface area contributed by atoms with E-state index in [4.69, 9.17) is 33.7 Å². The van der Waals surface area contributed by atoms with Crippen LogP contribution in [-0.2, 0) is 0 Å². The lowest BCUT2D eigenvalue weighted by Crippen LogP contribution is -2.43. The highest BCUT2D eigenvalue weighted by Crippen LogP contribution is 2.26. The molecule has 1 saturated heterocycles. The number of carbonyl (C=O) groups is 2. The number of likely N-dealkylation sites (tertiary alicyclic amines) is 1. The van der Waals surface area contributed by atoms with Crippen LogP contribution in [0.2, 0.25) is 10.0 Å². The maximum atomic E-state index is 12.4. The zero-order valence-electron chi connectivity index (χ0n) is 15.0. The van der Waals surface area contributed by atoms with Crippen LogP contribution in [0.15, 0.2) is 42.5 Å². The molecule has 0 aromatic heterocycles. The fourth-order valence-electron chi connectivity index (χ4n) is 2.90. The molecular formula is C19H20Cl2N4O3. The van der Waals surface area contributed by atoms with Crippen molar-refractivity contribution >= 4 is 46.6 Å². The van der Waals surface area contributed by atoms with Crippen molar-refractivity contribution in [2.75, 3.05) is 23.7 Å². The Labute approximate surface area is 172 Å². The van der Waals surface area contributed by atoms with E-state index in [1.54, 1.807) is 47.4 Å². The Kier molecular flexibility index (Phi) is 6.49. The van der Waals surface area contributed by atoms with E-state index in [0.717, 1.165) is 12.8 Å². The molecule has 0 saturated carbocycles. The molecule has 3 rings (SSSR count). The maximum Gasteiger partial charge on any atom is 0.321 e. The zero-order valence-corrected chi connectivity index (χ0v) is 16.5. The minimum atomic E-state index is -0.611. The van der Waals surface area contributed by atoms with Crippen LogP contribution in [-0.4, -0.2) is 36.2 Å². The van der Waals surface area contributed by atoms with E-state index < -0.39 is 6.03 Å². The van der Waals surface area contributed by atoms with Crippen molar-refractivity contribution in [3.8, 4) is 5.75 Å². The van der Waals surface area contributed by atoms with Gasteiger partial charge < -0.3 is 26.0 Å². The third kappa shape index (κ3) is 5.43. The van der Waals surface area contributed by atoms with Gasteiger partial charge in [-0.15, -0.1) is 0 Å². The van der Waals surface area contributed by atoms with Gasteiger partial charge in [0.15, 0.2) is 0 Å². The van der Waals surface area contributed by atoms with Gasteiger partial charge in [-0.25, -0.2) is 9.59 Å². The summed E-state index contributed by atoms with van der Waals surface area (Å²) < 4.78 is 5.96. The number of hydrogen-bond acceptors (Lipinski definition) is 3. The molecule has 0 radical (unpaired) electrons. The molecule has 0 unspecified atom stereocenters. The lowest BCUT2D eigenvalue weighted by atomic mass is 10.1. The topological polar surface area (TPSA) is 96.7 Å². The van der Waals surface area contributed by atoms with E-state index >= 15 is 0 Å². The van der Waals surface area contributed by atoms with E-state index in [-0.39, 0.29) is 12.1 Å². The van der Waals surface area contributed by atoms with E-state index in [2.05, 4.69) is 10.6 Å². The number of nitrogens with zero attached hydrogens (tertiary/aromatic N) is 1. The molecule has 1 aliphatic rings. The smallest absolute Gasteiger partial charge is 0.321 e. The quantitative estimate of drug-likeness (QED) is 0.673. The Hall–Kier alpha value is -2.64. The molecule has 0 atom stereocenters. The first-order chi connectivity index (χ1) is 13.4. The minimum Gasteiger partial charge on any atom is -0.490 e. The van der Waals surface area contributed by atoms with Crippen molar-refractivity contribution in [1.82, 2.24) is 4.90 Å². The molecule has 0 aliphatic carbocycles. The van der Waals surface area contributed by atoms with Gasteiger partial charge in [-0.05, 0) is 42.5 Å². The Morgan fingerprint density at radius 3 is 2.21 bits per heavy atom. The molecule has 148 valence electrons. The van der Waals surface area contributed by atoms with Crippen LogP contribution in [0, 0.1) is 0 Å². The van der Waals surface area contributed by atoms with Gasteiger partial charge in [0.1, 0.15) is 11.9 Å². The van der Waals surface area contributed by atoms with Gasteiger partial charge >= 0.3 is 12.1 Å². The molecule has 2 aromatic rings. The summed E-state index contributed by atoms with van der Waals surface area (Å²) in [5.74, 6) is 0.703. The Balaban J connectivity index is 1.47. The second-order valence-electron chi connectivity index (χ2n) is 6.38. The molecule has 0 spiro atoms. The molecule has 1 fully saturated rings. The number of benzene rings is 2. The van der Waals surface area contributed by atoms with Crippen molar-refractivity contribution in [3.63, 3.8) is 0 Å². The number of halogens is 2. The summed E-state index contributed by atoms with van der Waals surface area (Å²) in [6.07, 6.45) is 1.45. The summed E-state index contributed by atoms with van der Waals surface area (Å²) in [7, 11) is 0. The lowest BCUT2D eigenvalue weighted by molar-refractivity contribution is 0.115. The molecule has 0 bridgehead atoms. The van der Waals surface area contributed by atoms with Gasteiger partial charge in [0.05, 0.1) is 10.0 Å². The minimum absolute atomic E-state index is 0.0176. The van der Waals surface area contributed by atoms with Crippen LogP contribution in [0.5, 0.6) is 5.75 Å². The number of carbonyl (C=O) groups excluding carboxylic acids is 2. The van der Waals surface area contributed by atoms with Crippen molar-refractivity contribution in [2.24, 2.45) is 5.73 Å². The third-order valence-electron chi connectivity index (χ3n) is 4.32. The van der Waals surface area contributed by atoms with Crippen LogP contribution in [0.4, 0.5) is 21.0 Å². The molecule has 1 aliphatic heterocycles. The number of rotatable bonds is 4. The molecule has 4 N–H and O–H groups in total. The molecule has 7 nitrogen and oxygen atoms in total. The first-order valence-corrected chi connectivity index (χ1v) is 9.50. The Bertz CT molecular complexity index is 853. The van der Waals surface area contributed by atoms with Gasteiger partial charge in [0.25, 0.3) is 0 Å². The number of piperidine rings is 1. The normalized spacial score (nSPS) is 14.4. The predicted molar refractivity (Wildman–Crippen MR) is 110 cm³/mol. The highest BCUT2D eigenvalue weighted by atomic mass is 35.5. The first-order valence-electron chi connectivity index (χ1n) is 8.75. The summed E-state index contributed by atoms with van der Waals surface area (Å²) in [6, 6.07) is 11.2. The van der Waals surface area contributed by atoms with Gasteiger partial charge in [-0.2, -0.15) is 0 Å². The van der Waals surface area contributed by atoms with Crippen LogP contribution in [0.25, 0.3) is 0 Å². The van der Waals surface area contributed by atoms with Gasteiger partial charge in [0.2, 0.25) is 0 Å². The first kappa shape index (κ1) is 20.1. The van der Waals surface area contributed by atoms with Gasteiger partial charge in [0, 0.05) is 37.3 Å². The van der Waals surface area contributed by atoms with Crippen LogP contribution in [0.3, 0.4) is 0 Å². The van der Waals surface area contributed by atoms with Gasteiger partial charge in [-0.1, -0.05) is 23.2 Å². The Morgan fingerprint density at radius 1 is 0.964 bits per heavy atom. The number of anilines is 2. The standard InChI is InChI=1S/C19H20Cl2N4O3/c20-16-6-3-13(11-17(16)21)24-19(27)25-9-7-15(8-10-25)28-14-4-1-12(2-5-14)23-18(22)26/h1-6,11,15H,7-10H2,(H,24,27)(H3,22,23,26). The average molecular weight is 423 g/mol. The van der Waals surface area contributed by atoms with E-state index in [9.17, 15) is 9.59 Å². The van der Waals surface area contributed by atoms with Gasteiger partial charge in [-0.3, -0.25) is 0 Å². The van der Waals surface area contributed by atoms with Crippen molar-refractivity contribution in [2.45, 2.75) is 18.9 Å². The highest BCUT2D eigenvalue weighted by molar-refractivity contribution is 6.42. The second-order valence-corrected chi connectivity index (χ2v) is 7.19. The molecule has 4 amide bonds. The second kappa shape index (κ2) is 9.03. The molecule has 9 heteroatoms. The Morgan fingerprint density at radius 2 is 1.61 bits per heavy atom. The third-order valence-corrected chi connectivity index (χ3v) is 5.06. The lowest BCUT2D eigenvalue weighted by Gasteiger charge is -2.32. The number of primary amides is 1. The summed E-state index contributed by atoms with van der Waals surface area (Å²) in [6.45, 7) is 1.16. The number of amides is 4. The number of ether oxygens (including phenoxy) is 1. The van der Waals surface area contributed by atoms with Crippen molar-refractivity contribution < 1.29 is 14.3 Å². The maximum absolute atomic E-state index is 12.4. The largest absolute Gasteiger partial charge is 0.490 e. The van der Waals surface area contributed by atoms with Crippen LogP contribution < -0.4 is 21.1 Å². The van der Waals surface area contributed by atoms with E-state index in [1.807, 2.05) is 0 Å². The molecule has 1 heterocycles. The monoisotopic (exact) mass is 422 g/mol. The fraction of sp³-hybridized carbons (Fsp3) is 0.263. The summed E-state index contributed by atoms with van der Waals surface area (Å²) in [4.78, 5) is 25.0. The van der Waals surface area contributed by atoms with E-state index in [0.29, 0.717) is 40.3 Å². The zero-order chi connectivity index (χ0) is 20.1. The van der Waals surface area contributed by atoms with Crippen LogP contribution >= 0.6 is 23.2 Å². The summed E-state index contributed by atoms with van der Waals surface area (Å²) in [5.41, 5.74) is 6.29. The predicted octanol–water partition coefficient (Wildman–Crippen LogP) is 4.56. The molecule has 2 aromatic carbocycles. The number of urea groups is 2. The number of nitrogens with two attached hydrogens (primary N) is 1. The van der Waals surface area contributed by atoms with E-state index in [1.165, 1.54) is 0 Å². The van der Waals surface area contributed by atoms with Crippen molar-refractivity contribution in [1.29, 1.82) is 0 Å². The summed E-state index contributed by atoms with van der Waals surface area (Å²) >= 11 is 11.9. The SMILES string of the molecule is NC(=O)Nc1ccc(OC2CCN(C(=O)Nc3ccc(Cl)c(Cl)c3)CC2)cc1. The molecular weight excluding hydrogens is 403 g/mol. The average Bonchev–Trinajstić information content (AvgIpc) is 2.66. The highest BCUT2D eigenvalue weighted by Gasteiger charge is 2.24. The number of nitrogens with one attached hydrogen (secondary N) is 2. The van der Waals surface area contributed by atoms with Crippen LogP contribution in [0.1, 0.15) is 12.8 Å².